The molecule has 0 spiro atoms. The Morgan fingerprint density at radius 3 is 2.80 bits per heavy atom. The van der Waals surface area contributed by atoms with Gasteiger partial charge < -0.3 is 16.2 Å². The number of rotatable bonds is 4. The minimum absolute atomic E-state index is 0.379. The minimum atomic E-state index is -0.927. The molecule has 4 nitrogen and oxygen atoms in total. The lowest BCUT2D eigenvalue weighted by Crippen LogP contribution is -2.45. The Labute approximate surface area is 91.2 Å². The SMILES string of the molecule is CC1CCCCCC1NCC(N)C(=O)O. The summed E-state index contributed by atoms with van der Waals surface area (Å²) in [5.41, 5.74) is 5.46. The van der Waals surface area contributed by atoms with Gasteiger partial charge in [-0.1, -0.05) is 26.2 Å². The molecule has 88 valence electrons. The minimum Gasteiger partial charge on any atom is -0.480 e. The van der Waals surface area contributed by atoms with Crippen molar-refractivity contribution in [2.45, 2.75) is 51.1 Å². The van der Waals surface area contributed by atoms with Crippen LogP contribution in [0.3, 0.4) is 0 Å². The molecule has 15 heavy (non-hydrogen) atoms. The van der Waals surface area contributed by atoms with Crippen LogP contribution in [0, 0.1) is 5.92 Å². The fourth-order valence-electron chi connectivity index (χ4n) is 2.16. The quantitative estimate of drug-likeness (QED) is 0.609. The van der Waals surface area contributed by atoms with Crippen LogP contribution in [0.2, 0.25) is 0 Å². The highest BCUT2D eigenvalue weighted by molar-refractivity contribution is 5.73. The molecule has 3 unspecified atom stereocenters. The molecule has 0 heterocycles. The van der Waals surface area contributed by atoms with Gasteiger partial charge in [0, 0.05) is 12.6 Å². The second kappa shape index (κ2) is 6.08. The molecule has 1 aliphatic carbocycles. The lowest BCUT2D eigenvalue weighted by molar-refractivity contribution is -0.138. The van der Waals surface area contributed by atoms with Crippen molar-refractivity contribution in [1.82, 2.24) is 5.32 Å². The Morgan fingerprint density at radius 2 is 2.13 bits per heavy atom. The van der Waals surface area contributed by atoms with Gasteiger partial charge in [-0.2, -0.15) is 0 Å². The third-order valence-electron chi connectivity index (χ3n) is 3.28. The first-order valence-electron chi connectivity index (χ1n) is 5.83. The molecule has 1 fully saturated rings. The summed E-state index contributed by atoms with van der Waals surface area (Å²) >= 11 is 0. The number of carboxylic acid groups (broad SMARTS) is 1. The van der Waals surface area contributed by atoms with Crippen LogP contribution in [0.15, 0.2) is 0 Å². The predicted octanol–water partition coefficient (Wildman–Crippen LogP) is 0.957. The van der Waals surface area contributed by atoms with E-state index in [0.29, 0.717) is 18.5 Å². The van der Waals surface area contributed by atoms with E-state index in [-0.39, 0.29) is 0 Å². The summed E-state index contributed by atoms with van der Waals surface area (Å²) in [4.78, 5) is 10.6. The van der Waals surface area contributed by atoms with Crippen LogP contribution >= 0.6 is 0 Å². The summed E-state index contributed by atoms with van der Waals surface area (Å²) in [5, 5.41) is 12.0. The van der Waals surface area contributed by atoms with E-state index in [0.717, 1.165) is 6.42 Å². The Kier molecular flexibility index (Phi) is 5.05. The molecule has 3 atom stereocenters. The van der Waals surface area contributed by atoms with Gasteiger partial charge in [0.25, 0.3) is 0 Å². The third-order valence-corrected chi connectivity index (χ3v) is 3.28. The van der Waals surface area contributed by atoms with E-state index in [1.165, 1.54) is 25.7 Å². The Hall–Kier alpha value is -0.610. The molecule has 0 amide bonds. The van der Waals surface area contributed by atoms with Crippen LogP contribution in [0.4, 0.5) is 0 Å². The van der Waals surface area contributed by atoms with Crippen LogP contribution in [0.25, 0.3) is 0 Å². The number of hydrogen-bond donors (Lipinski definition) is 3. The lowest BCUT2D eigenvalue weighted by Gasteiger charge is -2.23. The van der Waals surface area contributed by atoms with E-state index < -0.39 is 12.0 Å². The van der Waals surface area contributed by atoms with Crippen LogP contribution in [0.1, 0.15) is 39.0 Å². The van der Waals surface area contributed by atoms with Gasteiger partial charge in [0.05, 0.1) is 0 Å². The van der Waals surface area contributed by atoms with Crippen molar-refractivity contribution in [1.29, 1.82) is 0 Å². The number of nitrogens with one attached hydrogen (secondary N) is 1. The molecule has 1 aliphatic rings. The largest absolute Gasteiger partial charge is 0.480 e. The van der Waals surface area contributed by atoms with E-state index in [1.807, 2.05) is 0 Å². The zero-order valence-electron chi connectivity index (χ0n) is 9.41. The third kappa shape index (κ3) is 4.18. The van der Waals surface area contributed by atoms with E-state index in [1.54, 1.807) is 0 Å². The van der Waals surface area contributed by atoms with Crippen LogP contribution in [-0.4, -0.2) is 29.7 Å². The topological polar surface area (TPSA) is 75.3 Å². The summed E-state index contributed by atoms with van der Waals surface area (Å²) in [6.45, 7) is 2.61. The van der Waals surface area contributed by atoms with Gasteiger partial charge in [0.2, 0.25) is 0 Å². The first-order valence-corrected chi connectivity index (χ1v) is 5.83. The maximum atomic E-state index is 10.6. The van der Waals surface area contributed by atoms with Gasteiger partial charge >= 0.3 is 5.97 Å². The fourth-order valence-corrected chi connectivity index (χ4v) is 2.16. The van der Waals surface area contributed by atoms with Crippen molar-refractivity contribution < 1.29 is 9.90 Å². The molecular formula is C11H22N2O2. The Morgan fingerprint density at radius 1 is 1.47 bits per heavy atom. The maximum absolute atomic E-state index is 10.6. The average Bonchev–Trinajstić information content (AvgIpc) is 2.39. The van der Waals surface area contributed by atoms with Gasteiger partial charge in [0.1, 0.15) is 6.04 Å². The van der Waals surface area contributed by atoms with Gasteiger partial charge in [-0.15, -0.1) is 0 Å². The maximum Gasteiger partial charge on any atom is 0.321 e. The summed E-state index contributed by atoms with van der Waals surface area (Å²) in [6.07, 6.45) is 6.22. The Balaban J connectivity index is 2.32. The molecule has 0 radical (unpaired) electrons. The normalized spacial score (nSPS) is 29.5. The fraction of sp³-hybridized carbons (Fsp3) is 0.909. The van der Waals surface area contributed by atoms with Crippen LogP contribution in [0.5, 0.6) is 0 Å². The van der Waals surface area contributed by atoms with Gasteiger partial charge in [-0.25, -0.2) is 0 Å². The molecular weight excluding hydrogens is 192 g/mol. The summed E-state index contributed by atoms with van der Waals surface area (Å²) in [6, 6.07) is -0.335. The zero-order valence-corrected chi connectivity index (χ0v) is 9.41. The van der Waals surface area contributed by atoms with E-state index >= 15 is 0 Å². The zero-order chi connectivity index (χ0) is 11.3. The standard InChI is InChI=1S/C11H22N2O2/c1-8-5-3-2-4-6-10(8)13-7-9(12)11(14)15/h8-10,13H,2-7,12H2,1H3,(H,14,15). The average molecular weight is 214 g/mol. The number of nitrogens with two attached hydrogens (primary N) is 1. The highest BCUT2D eigenvalue weighted by atomic mass is 16.4. The van der Waals surface area contributed by atoms with Crippen molar-refractivity contribution in [3.05, 3.63) is 0 Å². The number of hydrogen-bond acceptors (Lipinski definition) is 3. The van der Waals surface area contributed by atoms with Crippen molar-refractivity contribution in [2.75, 3.05) is 6.54 Å². The Bertz CT molecular complexity index is 209. The molecule has 0 saturated heterocycles. The molecule has 0 bridgehead atoms. The summed E-state index contributed by atoms with van der Waals surface area (Å²) in [7, 11) is 0. The van der Waals surface area contributed by atoms with Gasteiger partial charge in [-0.3, -0.25) is 4.79 Å². The van der Waals surface area contributed by atoms with Crippen LogP contribution in [-0.2, 0) is 4.79 Å². The number of aliphatic carboxylic acids is 1. The molecule has 1 rings (SSSR count). The molecule has 1 saturated carbocycles. The van der Waals surface area contributed by atoms with E-state index in [4.69, 9.17) is 10.8 Å². The van der Waals surface area contributed by atoms with Crippen molar-refractivity contribution in [3.8, 4) is 0 Å². The first-order chi connectivity index (χ1) is 7.11. The van der Waals surface area contributed by atoms with Gasteiger partial charge in [0.15, 0.2) is 0 Å². The molecule has 0 aromatic rings. The van der Waals surface area contributed by atoms with E-state index in [9.17, 15) is 4.79 Å². The highest BCUT2D eigenvalue weighted by Gasteiger charge is 2.21. The predicted molar refractivity (Wildman–Crippen MR) is 59.7 cm³/mol. The molecule has 0 aliphatic heterocycles. The molecule has 4 heteroatoms. The van der Waals surface area contributed by atoms with Gasteiger partial charge in [-0.05, 0) is 18.8 Å². The molecule has 0 aromatic carbocycles. The number of carboxylic acids is 1. The highest BCUT2D eigenvalue weighted by Crippen LogP contribution is 2.22. The van der Waals surface area contributed by atoms with E-state index in [2.05, 4.69) is 12.2 Å². The van der Waals surface area contributed by atoms with Crippen molar-refractivity contribution >= 4 is 5.97 Å². The summed E-state index contributed by atoms with van der Waals surface area (Å²) in [5.74, 6) is -0.294. The number of carbonyl (C=O) groups is 1. The van der Waals surface area contributed by atoms with Crippen molar-refractivity contribution in [2.24, 2.45) is 11.7 Å². The monoisotopic (exact) mass is 214 g/mol. The lowest BCUT2D eigenvalue weighted by atomic mass is 9.97. The summed E-state index contributed by atoms with van der Waals surface area (Å²) < 4.78 is 0. The second-order valence-corrected chi connectivity index (χ2v) is 4.57. The second-order valence-electron chi connectivity index (χ2n) is 4.57. The van der Waals surface area contributed by atoms with Crippen molar-refractivity contribution in [3.63, 3.8) is 0 Å². The smallest absolute Gasteiger partial charge is 0.321 e. The van der Waals surface area contributed by atoms with Crippen LogP contribution < -0.4 is 11.1 Å². The first kappa shape index (κ1) is 12.5. The molecule has 0 aromatic heterocycles. The molecule has 4 N–H and O–H groups in total.